The highest BCUT2D eigenvalue weighted by atomic mass is 15.1. The molecule has 4 aromatic rings. The topological polar surface area (TPSA) is 3.24 Å². The summed E-state index contributed by atoms with van der Waals surface area (Å²) in [4.78, 5) is 2.46. The SMILES string of the molecule is C=C(CCN(CC)c1cccc2c1ccc1ccccc12)c1ccccc1. The second-order valence-electron chi connectivity index (χ2n) is 6.96. The molecular formula is C26H25N. The molecule has 0 atom stereocenters. The highest BCUT2D eigenvalue weighted by Crippen LogP contribution is 2.32. The molecule has 0 amide bonds. The molecule has 134 valence electrons. The second kappa shape index (κ2) is 7.67. The summed E-state index contributed by atoms with van der Waals surface area (Å²) < 4.78 is 0. The maximum absolute atomic E-state index is 4.30. The number of rotatable bonds is 6. The highest BCUT2D eigenvalue weighted by Gasteiger charge is 2.11. The van der Waals surface area contributed by atoms with Crippen molar-refractivity contribution < 1.29 is 0 Å². The van der Waals surface area contributed by atoms with Crippen molar-refractivity contribution in [3.05, 3.63) is 97.1 Å². The van der Waals surface area contributed by atoms with E-state index in [4.69, 9.17) is 0 Å². The predicted molar refractivity (Wildman–Crippen MR) is 119 cm³/mol. The van der Waals surface area contributed by atoms with Crippen molar-refractivity contribution in [2.45, 2.75) is 13.3 Å². The summed E-state index contributed by atoms with van der Waals surface area (Å²) in [6, 6.07) is 30.3. The van der Waals surface area contributed by atoms with E-state index in [1.807, 2.05) is 0 Å². The molecule has 0 aliphatic rings. The summed E-state index contributed by atoms with van der Waals surface area (Å²) in [5.74, 6) is 0. The van der Waals surface area contributed by atoms with Crippen LogP contribution in [0.2, 0.25) is 0 Å². The van der Waals surface area contributed by atoms with Gasteiger partial charge in [-0.25, -0.2) is 0 Å². The third-order valence-corrected chi connectivity index (χ3v) is 5.35. The first-order chi connectivity index (χ1) is 13.3. The lowest BCUT2D eigenvalue weighted by Gasteiger charge is -2.25. The third-order valence-electron chi connectivity index (χ3n) is 5.35. The maximum Gasteiger partial charge on any atom is 0.0446 e. The van der Waals surface area contributed by atoms with Gasteiger partial charge in [0.1, 0.15) is 0 Å². The monoisotopic (exact) mass is 351 g/mol. The number of nitrogens with zero attached hydrogens (tertiary/aromatic N) is 1. The third kappa shape index (κ3) is 3.46. The normalized spacial score (nSPS) is 11.0. The number of benzene rings is 4. The number of fused-ring (bicyclic) bond motifs is 3. The zero-order chi connectivity index (χ0) is 18.6. The van der Waals surface area contributed by atoms with Crippen molar-refractivity contribution in [3.8, 4) is 0 Å². The van der Waals surface area contributed by atoms with E-state index in [1.54, 1.807) is 0 Å². The molecule has 27 heavy (non-hydrogen) atoms. The Hall–Kier alpha value is -3.06. The fraction of sp³-hybridized carbons (Fsp3) is 0.154. The average Bonchev–Trinajstić information content (AvgIpc) is 2.74. The molecule has 0 N–H and O–H groups in total. The van der Waals surface area contributed by atoms with Gasteiger partial charge in [0.2, 0.25) is 0 Å². The van der Waals surface area contributed by atoms with E-state index >= 15 is 0 Å². The van der Waals surface area contributed by atoms with Crippen LogP contribution in [-0.2, 0) is 0 Å². The van der Waals surface area contributed by atoms with E-state index in [0.717, 1.165) is 19.5 Å². The van der Waals surface area contributed by atoms with Crippen LogP contribution in [0.5, 0.6) is 0 Å². The summed E-state index contributed by atoms with van der Waals surface area (Å²) >= 11 is 0. The Morgan fingerprint density at radius 3 is 2.30 bits per heavy atom. The van der Waals surface area contributed by atoms with Gasteiger partial charge in [0.15, 0.2) is 0 Å². The molecule has 4 aromatic carbocycles. The second-order valence-corrected chi connectivity index (χ2v) is 6.96. The Morgan fingerprint density at radius 2 is 1.48 bits per heavy atom. The van der Waals surface area contributed by atoms with Gasteiger partial charge in [0.05, 0.1) is 0 Å². The molecule has 0 saturated heterocycles. The summed E-state index contributed by atoms with van der Waals surface area (Å²) in [6.45, 7) is 8.48. The largest absolute Gasteiger partial charge is 0.371 e. The maximum atomic E-state index is 4.30. The molecular weight excluding hydrogens is 326 g/mol. The van der Waals surface area contributed by atoms with Crippen molar-refractivity contribution in [2.75, 3.05) is 18.0 Å². The first-order valence-corrected chi connectivity index (χ1v) is 9.66. The molecule has 0 aliphatic heterocycles. The number of hydrogen-bond donors (Lipinski definition) is 0. The van der Waals surface area contributed by atoms with Gasteiger partial charge in [-0.2, -0.15) is 0 Å². The van der Waals surface area contributed by atoms with Gasteiger partial charge >= 0.3 is 0 Å². The Morgan fingerprint density at radius 1 is 0.741 bits per heavy atom. The van der Waals surface area contributed by atoms with E-state index in [9.17, 15) is 0 Å². The molecule has 0 fully saturated rings. The smallest absolute Gasteiger partial charge is 0.0446 e. The van der Waals surface area contributed by atoms with Crippen molar-refractivity contribution in [2.24, 2.45) is 0 Å². The minimum Gasteiger partial charge on any atom is -0.371 e. The van der Waals surface area contributed by atoms with Gasteiger partial charge in [-0.1, -0.05) is 85.4 Å². The Labute approximate surface area is 161 Å². The number of anilines is 1. The lowest BCUT2D eigenvalue weighted by molar-refractivity contribution is 0.833. The van der Waals surface area contributed by atoms with Crippen LogP contribution in [0.25, 0.3) is 27.1 Å². The highest BCUT2D eigenvalue weighted by molar-refractivity contribution is 6.11. The van der Waals surface area contributed by atoms with E-state index in [2.05, 4.69) is 103 Å². The van der Waals surface area contributed by atoms with Gasteiger partial charge in [-0.15, -0.1) is 0 Å². The molecule has 0 heterocycles. The van der Waals surface area contributed by atoms with Crippen LogP contribution in [0.3, 0.4) is 0 Å². The molecule has 4 rings (SSSR count). The molecule has 0 aromatic heterocycles. The minimum atomic E-state index is 0.960. The lowest BCUT2D eigenvalue weighted by Crippen LogP contribution is -2.24. The first-order valence-electron chi connectivity index (χ1n) is 9.66. The molecule has 0 aliphatic carbocycles. The first kappa shape index (κ1) is 17.4. The van der Waals surface area contributed by atoms with Crippen LogP contribution in [0.4, 0.5) is 5.69 Å². The van der Waals surface area contributed by atoms with Crippen LogP contribution in [0.1, 0.15) is 18.9 Å². The molecule has 0 radical (unpaired) electrons. The predicted octanol–water partition coefficient (Wildman–Crippen LogP) is 6.92. The van der Waals surface area contributed by atoms with Gasteiger partial charge in [0, 0.05) is 24.2 Å². The average molecular weight is 351 g/mol. The van der Waals surface area contributed by atoms with E-state index < -0.39 is 0 Å². The van der Waals surface area contributed by atoms with Crippen molar-refractivity contribution in [1.82, 2.24) is 0 Å². The minimum absolute atomic E-state index is 0.960. The zero-order valence-corrected chi connectivity index (χ0v) is 15.9. The zero-order valence-electron chi connectivity index (χ0n) is 15.9. The fourth-order valence-electron chi connectivity index (χ4n) is 3.84. The van der Waals surface area contributed by atoms with Crippen molar-refractivity contribution in [1.29, 1.82) is 0 Å². The van der Waals surface area contributed by atoms with E-state index in [0.29, 0.717) is 0 Å². The van der Waals surface area contributed by atoms with Gasteiger partial charge < -0.3 is 4.90 Å². The molecule has 0 saturated carbocycles. The van der Waals surface area contributed by atoms with Crippen LogP contribution >= 0.6 is 0 Å². The quantitative estimate of drug-likeness (QED) is 0.341. The Bertz CT molecular complexity index is 1080. The van der Waals surface area contributed by atoms with Crippen molar-refractivity contribution in [3.63, 3.8) is 0 Å². The number of hydrogen-bond acceptors (Lipinski definition) is 1. The molecule has 1 nitrogen and oxygen atoms in total. The molecule has 0 bridgehead atoms. The van der Waals surface area contributed by atoms with Crippen LogP contribution in [0.15, 0.2) is 91.5 Å². The van der Waals surface area contributed by atoms with Crippen LogP contribution in [-0.4, -0.2) is 13.1 Å². The van der Waals surface area contributed by atoms with E-state index in [-0.39, 0.29) is 0 Å². The van der Waals surface area contributed by atoms with Gasteiger partial charge in [0.25, 0.3) is 0 Å². The summed E-state index contributed by atoms with van der Waals surface area (Å²) in [7, 11) is 0. The summed E-state index contributed by atoms with van der Waals surface area (Å²) in [6.07, 6.45) is 0.960. The van der Waals surface area contributed by atoms with Gasteiger partial charge in [-0.3, -0.25) is 0 Å². The van der Waals surface area contributed by atoms with Crippen molar-refractivity contribution >= 4 is 32.8 Å². The molecule has 1 heteroatoms. The van der Waals surface area contributed by atoms with E-state index in [1.165, 1.54) is 38.4 Å². The van der Waals surface area contributed by atoms with Crippen LogP contribution in [0, 0.1) is 0 Å². The van der Waals surface area contributed by atoms with Gasteiger partial charge in [-0.05, 0) is 46.7 Å². The van der Waals surface area contributed by atoms with Crippen LogP contribution < -0.4 is 4.90 Å². The molecule has 0 unspecified atom stereocenters. The fourth-order valence-corrected chi connectivity index (χ4v) is 3.84. The summed E-state index contributed by atoms with van der Waals surface area (Å²) in [5, 5.41) is 5.26. The summed E-state index contributed by atoms with van der Waals surface area (Å²) in [5.41, 5.74) is 3.74. The Balaban J connectivity index is 1.65. The molecule has 0 spiro atoms. The lowest BCUT2D eigenvalue weighted by atomic mass is 10.00. The Kier molecular flexibility index (Phi) is 4.93. The standard InChI is InChI=1S/C26H25N/c1-3-27(19-18-20(2)21-10-5-4-6-11-21)26-15-9-14-24-23-13-8-7-12-22(23)16-17-25(24)26/h4-17H,2-3,18-19H2,1H3.